The fourth-order valence-electron chi connectivity index (χ4n) is 5.72. The largest absolute Gasteiger partial charge is 0.0636 e. The van der Waals surface area contributed by atoms with Crippen LogP contribution in [-0.4, -0.2) is 0 Å². The van der Waals surface area contributed by atoms with E-state index in [0.29, 0.717) is 0 Å². The Morgan fingerprint density at radius 3 is 1.38 bits per heavy atom. The Bertz CT molecular complexity index is 4720. The minimum absolute atomic E-state index is 0.635. The van der Waals surface area contributed by atoms with Crippen molar-refractivity contribution in [3.8, 4) is 44.5 Å². The highest BCUT2D eigenvalue weighted by Gasteiger charge is 2.18. The molecule has 0 atom stereocenters. The van der Waals surface area contributed by atoms with Crippen molar-refractivity contribution in [1.29, 1.82) is 0 Å². The average Bonchev–Trinajstić information content (AvgIpc) is 1.05. The van der Waals surface area contributed by atoms with Gasteiger partial charge in [-0.3, -0.25) is 0 Å². The molecule has 0 aliphatic rings. The lowest BCUT2D eigenvalue weighted by Gasteiger charge is -2.19. The SMILES string of the molecule is [2H]c1c([2H])c(-c2c3c([2H])c([2H])c([2H])c([2H])c3c(-c3c([2H])c([2H])c4c([2H])c([2H])c([2H])c([2H])c4c3[2H])c3c([2H])c([2H])c(-c4c([2H])c([2H])c5c([2H])c([2H])c([2H])c([2H])c5c4[2H])c([2H])c23)c([2H])c([2H])c1-c1c([2H])c([2H])c([2H])c2c([2H])c([2H])c([2H])c([2H])c12. The van der Waals surface area contributed by atoms with E-state index in [-0.39, 0.29) is 0 Å². The highest BCUT2D eigenvalue weighted by molar-refractivity contribution is 6.22. The third-order valence-electron chi connectivity index (χ3n) is 7.94. The Balaban J connectivity index is 1.54. The summed E-state index contributed by atoms with van der Waals surface area (Å²) in [6.45, 7) is 0. The lowest BCUT2D eigenvalue weighted by Crippen LogP contribution is -1.92. The van der Waals surface area contributed by atoms with Crippen LogP contribution in [0.5, 0.6) is 0 Å². The van der Waals surface area contributed by atoms with Crippen molar-refractivity contribution >= 4 is 53.9 Å². The van der Waals surface area contributed by atoms with Gasteiger partial charge in [-0.05, 0) is 116 Å². The summed E-state index contributed by atoms with van der Waals surface area (Å²) in [5.74, 6) is 0. The Morgan fingerprint density at radius 2 is 0.680 bits per heavy atom. The van der Waals surface area contributed by atoms with Gasteiger partial charge in [-0.2, -0.15) is 0 Å². The monoisotopic (exact) mass is 664 g/mol. The molecule has 0 saturated carbocycles. The van der Waals surface area contributed by atoms with E-state index in [9.17, 15) is 19.2 Å². The molecule has 0 bridgehead atoms. The van der Waals surface area contributed by atoms with Gasteiger partial charge in [-0.1, -0.05) is 175 Å². The zero-order chi connectivity index (χ0) is 60.9. The number of benzene rings is 10. The van der Waals surface area contributed by atoms with Gasteiger partial charge < -0.3 is 0 Å². The van der Waals surface area contributed by atoms with Crippen LogP contribution >= 0.6 is 0 Å². The maximum absolute atomic E-state index is 10.2. The fraction of sp³-hybridized carbons (Fsp3) is 0. The summed E-state index contributed by atoms with van der Waals surface area (Å²) in [5.41, 5.74) is -7.26. The Labute approximate surface area is 336 Å². The van der Waals surface area contributed by atoms with Crippen LogP contribution in [0.15, 0.2) is 193 Å². The molecule has 0 unspecified atom stereocenters. The molecule has 0 spiro atoms. The summed E-state index contributed by atoms with van der Waals surface area (Å²) >= 11 is 0. The van der Waals surface area contributed by atoms with E-state index in [1.807, 2.05) is 0 Å². The van der Waals surface area contributed by atoms with E-state index in [1.54, 1.807) is 0 Å². The van der Waals surface area contributed by atoms with E-state index < -0.39 is 292 Å². The van der Waals surface area contributed by atoms with Crippen LogP contribution in [0, 0.1) is 0 Å². The van der Waals surface area contributed by atoms with Gasteiger partial charge >= 0.3 is 0 Å². The third kappa shape index (κ3) is 4.69. The van der Waals surface area contributed by atoms with Crippen molar-refractivity contribution < 1.29 is 43.9 Å². The highest BCUT2D eigenvalue weighted by Crippen LogP contribution is 2.46. The molecule has 0 aliphatic carbocycles. The molecular weight excluding hydrogens is 601 g/mol. The lowest BCUT2D eigenvalue weighted by molar-refractivity contribution is 1.63. The van der Waals surface area contributed by atoms with Gasteiger partial charge in [0.2, 0.25) is 0 Å². The molecule has 232 valence electrons. The molecule has 50 heavy (non-hydrogen) atoms. The lowest BCUT2D eigenvalue weighted by atomic mass is 9.84. The zero-order valence-electron chi connectivity index (χ0n) is 57.0. The molecule has 0 N–H and O–H groups in total. The summed E-state index contributed by atoms with van der Waals surface area (Å²) in [5, 5.41) is -7.60. The van der Waals surface area contributed by atoms with Crippen molar-refractivity contribution in [3.05, 3.63) is 193 Å². The van der Waals surface area contributed by atoms with Crippen LogP contribution in [0.2, 0.25) is 0 Å². The molecule has 0 heterocycles. The molecule has 0 radical (unpaired) electrons. The first kappa shape index (κ1) is 11.0. The normalized spacial score (nSPS) is 20.6. The van der Waals surface area contributed by atoms with E-state index in [1.165, 1.54) is 0 Å². The van der Waals surface area contributed by atoms with Crippen LogP contribution in [-0.2, 0) is 0 Å². The first-order valence-corrected chi connectivity index (χ1v) is 14.8. The maximum atomic E-state index is 10.2. The molecule has 0 nitrogen and oxygen atoms in total. The van der Waals surface area contributed by atoms with E-state index >= 15 is 0 Å². The topological polar surface area (TPSA) is 0 Å². The molecule has 10 aromatic carbocycles. The van der Waals surface area contributed by atoms with Crippen LogP contribution < -0.4 is 0 Å². The molecule has 10 rings (SSSR count). The van der Waals surface area contributed by atoms with Gasteiger partial charge in [0, 0.05) is 0 Å². The predicted octanol–water partition coefficient (Wildman–Crippen LogP) is 14.1. The molecular formula is C50H32. The minimum atomic E-state index is -1.22. The number of fused-ring (bicyclic) bond motifs is 5. The summed E-state index contributed by atoms with van der Waals surface area (Å²) < 4.78 is 291. The Hall–Kier alpha value is -6.50. The van der Waals surface area contributed by atoms with Crippen LogP contribution in [0.4, 0.5) is 0 Å². The van der Waals surface area contributed by atoms with Crippen LogP contribution in [0.25, 0.3) is 98.4 Å². The number of rotatable bonds is 4. The first-order valence-electron chi connectivity index (χ1n) is 30.8. The third-order valence-corrected chi connectivity index (χ3v) is 7.94. The summed E-state index contributed by atoms with van der Waals surface area (Å²) in [6, 6.07) is -32.3. The fourth-order valence-corrected chi connectivity index (χ4v) is 5.72. The van der Waals surface area contributed by atoms with Gasteiger partial charge in [0.25, 0.3) is 0 Å². The van der Waals surface area contributed by atoms with Crippen molar-refractivity contribution in [3.63, 3.8) is 0 Å². The highest BCUT2D eigenvalue weighted by atomic mass is 14.2. The van der Waals surface area contributed by atoms with Crippen LogP contribution in [0.3, 0.4) is 0 Å². The van der Waals surface area contributed by atoms with E-state index in [2.05, 4.69) is 0 Å². The second-order valence-corrected chi connectivity index (χ2v) is 10.8. The second-order valence-electron chi connectivity index (χ2n) is 10.8. The van der Waals surface area contributed by atoms with Gasteiger partial charge in [-0.25, -0.2) is 0 Å². The average molecular weight is 665 g/mol. The number of hydrogen-bond acceptors (Lipinski definition) is 0. The molecule has 0 aliphatic heterocycles. The van der Waals surface area contributed by atoms with Gasteiger partial charge in [-0.15, -0.1) is 0 Å². The van der Waals surface area contributed by atoms with E-state index in [4.69, 9.17) is 24.7 Å². The van der Waals surface area contributed by atoms with Crippen molar-refractivity contribution in [2.24, 2.45) is 0 Å². The number of hydrogen-bond donors (Lipinski definition) is 0. The molecule has 0 amide bonds. The molecule has 0 fully saturated rings. The van der Waals surface area contributed by atoms with Crippen LogP contribution in [0.1, 0.15) is 43.9 Å². The predicted molar refractivity (Wildman–Crippen MR) is 216 cm³/mol. The smallest absolute Gasteiger partial charge is 0.0616 e. The Kier molecular flexibility index (Phi) is 2.55. The van der Waals surface area contributed by atoms with Crippen molar-refractivity contribution in [1.82, 2.24) is 0 Å². The second kappa shape index (κ2) is 11.6. The summed E-state index contributed by atoms with van der Waals surface area (Å²) in [6.07, 6.45) is 0. The standard InChI is InChI=1S/C50H32/c1-3-13-38-30-40(26-20-33(38)10-1)41-28-29-47-48(32-41)49(37-24-22-36(23-25-37)44-19-9-15-35-12-5-6-16-43(35)44)45-17-7-8-18-46(45)50(47)42-27-21-34-11-2-4-14-39(34)31-42/h1-32H/i1D,2D,3D,4D,5D,6D,7D,8D,9D,10D,11D,12D,13D,14D,15D,16D,17D,18D,19D,20D,21D,22D,23D,24D,25D,26D,27D,28D,29D,30D,31D,32D. The van der Waals surface area contributed by atoms with Gasteiger partial charge in [0.05, 0.1) is 43.9 Å². The Morgan fingerprint density at radius 1 is 0.240 bits per heavy atom. The summed E-state index contributed by atoms with van der Waals surface area (Å²) in [7, 11) is 0. The summed E-state index contributed by atoms with van der Waals surface area (Å²) in [4.78, 5) is 0. The zero-order valence-corrected chi connectivity index (χ0v) is 25.0. The molecule has 0 aromatic heterocycles. The molecule has 10 aromatic rings. The van der Waals surface area contributed by atoms with Gasteiger partial charge in [0.15, 0.2) is 0 Å². The van der Waals surface area contributed by atoms with Crippen molar-refractivity contribution in [2.75, 3.05) is 0 Å². The molecule has 0 saturated heterocycles. The molecule has 0 heteroatoms. The first-order chi connectivity index (χ1) is 38.1. The quantitative estimate of drug-likeness (QED) is 0.164. The van der Waals surface area contributed by atoms with Gasteiger partial charge in [0.1, 0.15) is 0 Å². The minimum Gasteiger partial charge on any atom is -0.0616 e. The van der Waals surface area contributed by atoms with E-state index in [0.717, 1.165) is 0 Å². The van der Waals surface area contributed by atoms with Crippen molar-refractivity contribution in [2.45, 2.75) is 0 Å². The maximum Gasteiger partial charge on any atom is 0.0636 e.